The van der Waals surface area contributed by atoms with Gasteiger partial charge in [0.05, 0.1) is 0 Å². The zero-order valence-electron chi connectivity index (χ0n) is 8.74. The summed E-state index contributed by atoms with van der Waals surface area (Å²) < 4.78 is 0. The highest BCUT2D eigenvalue weighted by Crippen LogP contribution is 2.35. The Balaban J connectivity index is 5.13. The van der Waals surface area contributed by atoms with E-state index < -0.39 is 16.9 Å². The molecule has 14 heavy (non-hydrogen) atoms. The van der Waals surface area contributed by atoms with Crippen molar-refractivity contribution in [3.05, 3.63) is 0 Å². The minimum absolute atomic E-state index is 0.342. The van der Waals surface area contributed by atoms with Crippen molar-refractivity contribution in [2.24, 2.45) is 11.1 Å². The van der Waals surface area contributed by atoms with Gasteiger partial charge in [0.15, 0.2) is 11.8 Å². The van der Waals surface area contributed by atoms with Gasteiger partial charge in [0, 0.05) is 11.2 Å². The number of carbonyl (C=O) groups is 2. The zero-order chi connectivity index (χ0) is 11.4. The standard InChI is InChI=1S/C9H17NO3S/c1-4-8(2,6-14-3)9(10,5-11)7(12)13/h5H,4,6,10H2,1-3H3,(H,12,13). The van der Waals surface area contributed by atoms with Gasteiger partial charge in [-0.3, -0.25) is 0 Å². The predicted octanol–water partition coefficient (Wildman–Crippen LogP) is 0.747. The normalized spacial score (nSPS) is 19.4. The Morgan fingerprint density at radius 2 is 2.14 bits per heavy atom. The molecule has 2 atom stereocenters. The van der Waals surface area contributed by atoms with E-state index in [4.69, 9.17) is 10.8 Å². The summed E-state index contributed by atoms with van der Waals surface area (Å²) in [6, 6.07) is 0. The van der Waals surface area contributed by atoms with Crippen LogP contribution in [0.4, 0.5) is 0 Å². The van der Waals surface area contributed by atoms with Gasteiger partial charge in [0.25, 0.3) is 0 Å². The van der Waals surface area contributed by atoms with Crippen LogP contribution in [-0.2, 0) is 9.59 Å². The van der Waals surface area contributed by atoms with Crippen molar-refractivity contribution in [1.29, 1.82) is 0 Å². The molecule has 0 aliphatic carbocycles. The van der Waals surface area contributed by atoms with Gasteiger partial charge in [-0.05, 0) is 12.7 Å². The number of carboxylic acid groups (broad SMARTS) is 1. The molecular formula is C9H17NO3S. The lowest BCUT2D eigenvalue weighted by Gasteiger charge is -2.38. The van der Waals surface area contributed by atoms with Crippen LogP contribution >= 0.6 is 11.8 Å². The van der Waals surface area contributed by atoms with Crippen molar-refractivity contribution < 1.29 is 14.7 Å². The van der Waals surface area contributed by atoms with E-state index in [0.717, 1.165) is 0 Å². The third-order valence-electron chi connectivity index (χ3n) is 2.78. The van der Waals surface area contributed by atoms with Crippen LogP contribution in [0.2, 0.25) is 0 Å². The monoisotopic (exact) mass is 219 g/mol. The number of rotatable bonds is 6. The molecule has 0 heterocycles. The van der Waals surface area contributed by atoms with E-state index in [1.54, 1.807) is 6.92 Å². The van der Waals surface area contributed by atoms with E-state index >= 15 is 0 Å². The number of carboxylic acids is 1. The van der Waals surface area contributed by atoms with Crippen molar-refractivity contribution in [1.82, 2.24) is 0 Å². The molecule has 82 valence electrons. The van der Waals surface area contributed by atoms with E-state index in [2.05, 4.69) is 0 Å². The number of thioether (sulfide) groups is 1. The zero-order valence-corrected chi connectivity index (χ0v) is 9.56. The highest BCUT2D eigenvalue weighted by atomic mass is 32.2. The van der Waals surface area contributed by atoms with E-state index in [1.165, 1.54) is 11.8 Å². The van der Waals surface area contributed by atoms with Gasteiger partial charge in [-0.15, -0.1) is 0 Å². The van der Waals surface area contributed by atoms with Gasteiger partial charge in [0.2, 0.25) is 0 Å². The molecule has 0 aromatic carbocycles. The fourth-order valence-electron chi connectivity index (χ4n) is 1.28. The fraction of sp³-hybridized carbons (Fsp3) is 0.778. The van der Waals surface area contributed by atoms with Crippen molar-refractivity contribution in [3.63, 3.8) is 0 Å². The van der Waals surface area contributed by atoms with Crippen LogP contribution < -0.4 is 5.73 Å². The summed E-state index contributed by atoms with van der Waals surface area (Å²) in [4.78, 5) is 21.8. The molecule has 0 radical (unpaired) electrons. The number of aldehydes is 1. The average Bonchev–Trinajstić information content (AvgIpc) is 2.16. The molecule has 0 fully saturated rings. The lowest BCUT2D eigenvalue weighted by molar-refractivity contribution is -0.150. The van der Waals surface area contributed by atoms with Gasteiger partial charge in [0.1, 0.15) is 0 Å². The minimum atomic E-state index is -1.79. The van der Waals surface area contributed by atoms with Gasteiger partial charge in [-0.2, -0.15) is 11.8 Å². The van der Waals surface area contributed by atoms with Gasteiger partial charge in [-0.1, -0.05) is 13.8 Å². The number of carbonyl (C=O) groups excluding carboxylic acids is 1. The van der Waals surface area contributed by atoms with Crippen molar-refractivity contribution >= 4 is 24.0 Å². The predicted molar refractivity (Wildman–Crippen MR) is 57.4 cm³/mol. The van der Waals surface area contributed by atoms with Gasteiger partial charge in [-0.25, -0.2) is 4.79 Å². The first-order chi connectivity index (χ1) is 6.38. The molecule has 0 aromatic rings. The Labute approximate surface area is 88.2 Å². The summed E-state index contributed by atoms with van der Waals surface area (Å²) in [5, 5.41) is 8.96. The molecule has 5 heteroatoms. The fourth-order valence-corrected chi connectivity index (χ4v) is 2.36. The first-order valence-corrected chi connectivity index (χ1v) is 5.75. The number of aliphatic carboxylic acids is 1. The highest BCUT2D eigenvalue weighted by Gasteiger charge is 2.50. The molecule has 0 saturated heterocycles. The Kier molecular flexibility index (Phi) is 4.61. The molecule has 0 saturated carbocycles. The molecular weight excluding hydrogens is 202 g/mol. The lowest BCUT2D eigenvalue weighted by atomic mass is 9.71. The lowest BCUT2D eigenvalue weighted by Crippen LogP contribution is -2.62. The van der Waals surface area contributed by atoms with Crippen molar-refractivity contribution in [3.8, 4) is 0 Å². The van der Waals surface area contributed by atoms with Gasteiger partial charge < -0.3 is 15.6 Å². The molecule has 0 aliphatic rings. The van der Waals surface area contributed by atoms with Gasteiger partial charge >= 0.3 is 5.97 Å². The summed E-state index contributed by atoms with van der Waals surface area (Å²) in [7, 11) is 0. The first-order valence-electron chi connectivity index (χ1n) is 4.35. The van der Waals surface area contributed by atoms with E-state index in [9.17, 15) is 9.59 Å². The number of nitrogens with two attached hydrogens (primary N) is 1. The molecule has 3 N–H and O–H groups in total. The Morgan fingerprint density at radius 3 is 2.36 bits per heavy atom. The molecule has 0 aliphatic heterocycles. The molecule has 0 spiro atoms. The van der Waals surface area contributed by atoms with Crippen LogP contribution in [0.5, 0.6) is 0 Å². The van der Waals surface area contributed by atoms with Crippen LogP contribution in [0.15, 0.2) is 0 Å². The average molecular weight is 219 g/mol. The Hall–Kier alpha value is -0.550. The molecule has 0 amide bonds. The van der Waals surface area contributed by atoms with Crippen LogP contribution in [0.1, 0.15) is 20.3 Å². The maximum atomic E-state index is 11.0. The van der Waals surface area contributed by atoms with Crippen LogP contribution in [0.3, 0.4) is 0 Å². The number of hydrogen-bond donors (Lipinski definition) is 2. The second-order valence-electron chi connectivity index (χ2n) is 3.64. The smallest absolute Gasteiger partial charge is 0.331 e. The maximum absolute atomic E-state index is 11.0. The van der Waals surface area contributed by atoms with Crippen molar-refractivity contribution in [2.75, 3.05) is 12.0 Å². The largest absolute Gasteiger partial charge is 0.480 e. The quantitative estimate of drug-likeness (QED) is 0.509. The molecule has 0 aromatic heterocycles. The van der Waals surface area contributed by atoms with E-state index in [1.807, 2.05) is 13.2 Å². The van der Waals surface area contributed by atoms with E-state index in [-0.39, 0.29) is 0 Å². The Morgan fingerprint density at radius 1 is 1.64 bits per heavy atom. The molecule has 4 nitrogen and oxygen atoms in total. The third-order valence-corrected chi connectivity index (χ3v) is 3.71. The number of hydrogen-bond acceptors (Lipinski definition) is 4. The topological polar surface area (TPSA) is 80.4 Å². The SMILES string of the molecule is CCC(C)(CSC)C(N)(C=O)C(=O)O. The van der Waals surface area contributed by atoms with Crippen LogP contribution in [0.25, 0.3) is 0 Å². The summed E-state index contributed by atoms with van der Waals surface area (Å²) >= 11 is 1.49. The second-order valence-corrected chi connectivity index (χ2v) is 4.51. The summed E-state index contributed by atoms with van der Waals surface area (Å²) in [5.74, 6) is -0.712. The highest BCUT2D eigenvalue weighted by molar-refractivity contribution is 7.98. The van der Waals surface area contributed by atoms with E-state index in [0.29, 0.717) is 18.5 Å². The third kappa shape index (κ3) is 2.09. The summed E-state index contributed by atoms with van der Waals surface area (Å²) in [6.45, 7) is 3.57. The summed E-state index contributed by atoms with van der Waals surface area (Å²) in [6.07, 6.45) is 2.76. The van der Waals surface area contributed by atoms with Crippen molar-refractivity contribution in [2.45, 2.75) is 25.8 Å². The molecule has 0 bridgehead atoms. The second kappa shape index (κ2) is 4.79. The molecule has 0 rings (SSSR count). The first kappa shape index (κ1) is 13.4. The molecule has 2 unspecified atom stereocenters. The van der Waals surface area contributed by atoms with Crippen LogP contribution in [-0.4, -0.2) is 34.9 Å². The Bertz CT molecular complexity index is 234. The maximum Gasteiger partial charge on any atom is 0.331 e. The summed E-state index contributed by atoms with van der Waals surface area (Å²) in [5.41, 5.74) is 3.14. The van der Waals surface area contributed by atoms with Crippen LogP contribution in [0, 0.1) is 5.41 Å². The minimum Gasteiger partial charge on any atom is -0.480 e.